The van der Waals surface area contributed by atoms with Gasteiger partial charge in [-0.2, -0.15) is 0 Å². The number of allylic oxidation sites excluding steroid dienone is 2. The van der Waals surface area contributed by atoms with Crippen LogP contribution in [0.4, 0.5) is 0 Å². The summed E-state index contributed by atoms with van der Waals surface area (Å²) in [5, 5.41) is 5.11. The van der Waals surface area contributed by atoms with E-state index in [9.17, 15) is 19.2 Å². The number of fused-ring (bicyclic) bond motifs is 8. The van der Waals surface area contributed by atoms with Gasteiger partial charge in [0.2, 0.25) is 5.78 Å². The lowest BCUT2D eigenvalue weighted by molar-refractivity contribution is -0.142. The molecular formula is C45H54N4O6. The molecule has 8 bridgehead atoms. The lowest BCUT2D eigenvalue weighted by Gasteiger charge is -2.23. The number of rotatable bonds is 13. The van der Waals surface area contributed by atoms with Crippen LogP contribution in [0.1, 0.15) is 132 Å². The van der Waals surface area contributed by atoms with Crippen LogP contribution in [0.5, 0.6) is 0 Å². The van der Waals surface area contributed by atoms with Gasteiger partial charge in [-0.3, -0.25) is 14.4 Å². The molecule has 3 aromatic rings. The first kappa shape index (κ1) is 39.3. The number of methoxy groups -OCH3 is 1. The number of nitrogens with one attached hydrogen (secondary N) is 4. The summed E-state index contributed by atoms with van der Waals surface area (Å²) in [5.41, 5.74) is 9.88. The highest BCUT2D eigenvalue weighted by Crippen LogP contribution is 2.46. The number of aromatic nitrogens is 3. The smallest absolute Gasteiger partial charge is 0.342 e. The quantitative estimate of drug-likeness (QED) is 0.0655. The highest BCUT2D eigenvalue weighted by Gasteiger charge is 2.47. The number of aromatic amines is 3. The maximum absolute atomic E-state index is 14.3. The molecule has 0 amide bonds. The van der Waals surface area contributed by atoms with Crippen molar-refractivity contribution in [2.75, 3.05) is 13.7 Å². The molecule has 1 fully saturated rings. The Morgan fingerprint density at radius 1 is 0.982 bits per heavy atom. The zero-order valence-corrected chi connectivity index (χ0v) is 33.4. The molecule has 4 N–H and O–H groups in total. The van der Waals surface area contributed by atoms with E-state index in [1.54, 1.807) is 6.08 Å². The highest BCUT2D eigenvalue weighted by molar-refractivity contribution is 6.34. The number of ether oxygens (including phenoxy) is 2. The van der Waals surface area contributed by atoms with E-state index in [0.717, 1.165) is 64.7 Å². The number of carbonyl (C=O) groups is 4. The monoisotopic (exact) mass is 746 g/mol. The Bertz CT molecular complexity index is 2290. The molecule has 3 aliphatic rings. The number of hydrogen-bond donors (Lipinski definition) is 4. The van der Waals surface area contributed by atoms with Crippen molar-refractivity contribution in [3.63, 3.8) is 0 Å². The zero-order chi connectivity index (χ0) is 39.7. The van der Waals surface area contributed by atoms with E-state index < -0.39 is 17.8 Å². The lowest BCUT2D eigenvalue weighted by Crippen LogP contribution is -2.31. The minimum absolute atomic E-state index is 0.0161. The number of H-pyrrole nitrogens is 3. The molecule has 3 aromatic heterocycles. The van der Waals surface area contributed by atoms with E-state index in [-0.39, 0.29) is 36.4 Å². The number of Topliss-reactive ketones (excluding diaryl/α,β-unsaturated/α-hetero) is 1. The predicted molar refractivity (Wildman–Crippen MR) is 217 cm³/mol. The molecule has 0 radical (unpaired) electrons. The molecule has 1 unspecified atom stereocenters. The van der Waals surface area contributed by atoms with Crippen LogP contribution in [0.2, 0.25) is 0 Å². The van der Waals surface area contributed by atoms with Crippen molar-refractivity contribution in [3.8, 4) is 0 Å². The predicted octanol–water partition coefficient (Wildman–Crippen LogP) is 6.76. The van der Waals surface area contributed by atoms with Gasteiger partial charge in [-0.05, 0) is 99.3 Å². The molecule has 5 heterocycles. The minimum atomic E-state index is -0.710. The largest absolute Gasteiger partial charge is 0.465 e. The van der Waals surface area contributed by atoms with Crippen molar-refractivity contribution in [1.29, 1.82) is 0 Å². The maximum Gasteiger partial charge on any atom is 0.342 e. The third kappa shape index (κ3) is 7.39. The van der Waals surface area contributed by atoms with Crippen LogP contribution in [0.3, 0.4) is 0 Å². The van der Waals surface area contributed by atoms with Gasteiger partial charge in [0.1, 0.15) is 12.2 Å². The van der Waals surface area contributed by atoms with Gasteiger partial charge in [0.15, 0.2) is 6.29 Å². The number of ketones is 1. The normalized spacial score (nSPS) is 21.0. The first-order valence-electron chi connectivity index (χ1n) is 19.5. The zero-order valence-electron chi connectivity index (χ0n) is 33.4. The second-order valence-corrected chi connectivity index (χ2v) is 15.6. The third-order valence-corrected chi connectivity index (χ3v) is 11.7. The van der Waals surface area contributed by atoms with Crippen LogP contribution in [-0.2, 0) is 25.5 Å². The van der Waals surface area contributed by atoms with Gasteiger partial charge in [-0.15, -0.1) is 0 Å². The molecule has 290 valence electrons. The Morgan fingerprint density at radius 2 is 1.71 bits per heavy atom. The maximum atomic E-state index is 14.3. The van der Waals surface area contributed by atoms with Crippen LogP contribution in [0.15, 0.2) is 29.5 Å². The molecule has 6 rings (SSSR count). The molecule has 10 nitrogen and oxygen atoms in total. The second kappa shape index (κ2) is 16.2. The van der Waals surface area contributed by atoms with E-state index in [2.05, 4.69) is 60.6 Å². The van der Waals surface area contributed by atoms with Gasteiger partial charge in [-0.25, -0.2) is 4.79 Å². The van der Waals surface area contributed by atoms with Gasteiger partial charge >= 0.3 is 11.9 Å². The summed E-state index contributed by atoms with van der Waals surface area (Å²) >= 11 is 0. The van der Waals surface area contributed by atoms with Crippen molar-refractivity contribution in [2.24, 2.45) is 17.8 Å². The third-order valence-electron chi connectivity index (χ3n) is 11.7. The Balaban J connectivity index is 1.47. The van der Waals surface area contributed by atoms with Gasteiger partial charge in [0.05, 0.1) is 29.8 Å². The molecule has 3 atom stereocenters. The molecular weight excluding hydrogens is 693 g/mol. The fraction of sp³-hybridized carbons (Fsp3) is 0.422. The van der Waals surface area contributed by atoms with E-state index in [1.165, 1.54) is 12.7 Å². The molecule has 0 spiro atoms. The van der Waals surface area contributed by atoms with Gasteiger partial charge in [0, 0.05) is 57.2 Å². The van der Waals surface area contributed by atoms with Gasteiger partial charge in [0.25, 0.3) is 0 Å². The summed E-state index contributed by atoms with van der Waals surface area (Å²) in [5.74, 6) is -1.06. The van der Waals surface area contributed by atoms with E-state index in [4.69, 9.17) is 9.47 Å². The molecule has 1 saturated heterocycles. The average Bonchev–Trinajstić information content (AvgIpc) is 3.90. The molecule has 10 heteroatoms. The van der Waals surface area contributed by atoms with Crippen LogP contribution < -0.4 is 16.0 Å². The summed E-state index contributed by atoms with van der Waals surface area (Å²) < 4.78 is 10.9. The van der Waals surface area contributed by atoms with E-state index in [0.29, 0.717) is 57.8 Å². The molecule has 0 saturated carbocycles. The summed E-state index contributed by atoms with van der Waals surface area (Å²) in [4.78, 5) is 64.0. The number of hydrogen-bond acceptors (Lipinski definition) is 7. The summed E-state index contributed by atoms with van der Waals surface area (Å²) in [7, 11) is 1.28. The summed E-state index contributed by atoms with van der Waals surface area (Å²) in [6.07, 6.45) is 15.0. The molecule has 2 aliphatic heterocycles. The summed E-state index contributed by atoms with van der Waals surface area (Å²) in [6, 6.07) is -0.514. The standard InChI is InChI=1S/C45H54N4O6/c1-10-28-25(6)32-19-33-26(7)30(15-16-38(51)55-18-17-24(5)14-12-13-23(3)4)42(48-33)40-41(45(53)54-9)44(52)39-27(8)34(49-43(39)40)20-36-29(11-2)31(22-50)37(47-36)21-35(28)46-32/h10,17,19-23,26,30,42,46-49H,1,11-16,18H2,2-9H3/b24-17-,33-19-,36-20-,37-21-/t26-,30-,42?/m0/s1. The fourth-order valence-electron chi connectivity index (χ4n) is 8.54. The molecule has 0 aromatic carbocycles. The number of esters is 2. The SMILES string of the molecule is C=Cc1c2[nH]c(c1C)/C=C1\NC(C3=C(C(=O)OC)C(=O)c4c3[nH]c(c4C)/C=c3\[nH]/c(c(C=O)c3CC)=C\2)[C@@H](CCC(=O)OC/C=C(/C)CCCC(C)C)[C@@H]1C. The first-order valence-corrected chi connectivity index (χ1v) is 19.5. The Morgan fingerprint density at radius 3 is 2.38 bits per heavy atom. The molecule has 1 aliphatic carbocycles. The van der Waals surface area contributed by atoms with Crippen LogP contribution in [-0.4, -0.2) is 58.7 Å². The van der Waals surface area contributed by atoms with Crippen molar-refractivity contribution < 1.29 is 28.7 Å². The van der Waals surface area contributed by atoms with Crippen molar-refractivity contribution in [1.82, 2.24) is 20.3 Å². The van der Waals surface area contributed by atoms with E-state index in [1.807, 2.05) is 39.0 Å². The van der Waals surface area contributed by atoms with Crippen LogP contribution in [0, 0.1) is 31.6 Å². The van der Waals surface area contributed by atoms with Crippen molar-refractivity contribution in [3.05, 3.63) is 96.4 Å². The van der Waals surface area contributed by atoms with Crippen molar-refractivity contribution in [2.45, 2.75) is 93.0 Å². The Hall–Kier alpha value is -5.38. The van der Waals surface area contributed by atoms with Crippen molar-refractivity contribution >= 4 is 53.9 Å². The first-order chi connectivity index (χ1) is 26.3. The van der Waals surface area contributed by atoms with Crippen LogP contribution >= 0.6 is 0 Å². The molecule has 55 heavy (non-hydrogen) atoms. The Labute approximate surface area is 322 Å². The van der Waals surface area contributed by atoms with Crippen LogP contribution in [0.25, 0.3) is 29.9 Å². The van der Waals surface area contributed by atoms with Gasteiger partial charge in [-0.1, -0.05) is 52.3 Å². The average molecular weight is 747 g/mol. The number of aldehydes is 1. The second-order valence-electron chi connectivity index (χ2n) is 15.6. The van der Waals surface area contributed by atoms with Gasteiger partial charge < -0.3 is 29.7 Å². The minimum Gasteiger partial charge on any atom is -0.465 e. The topological polar surface area (TPSA) is 146 Å². The number of carbonyl (C=O) groups excluding carboxylic acids is 4. The Kier molecular flexibility index (Phi) is 11.5. The lowest BCUT2D eigenvalue weighted by atomic mass is 9.82. The fourth-order valence-corrected chi connectivity index (χ4v) is 8.54. The van der Waals surface area contributed by atoms with E-state index >= 15 is 0 Å². The summed E-state index contributed by atoms with van der Waals surface area (Å²) in [6.45, 7) is 18.8. The highest BCUT2D eigenvalue weighted by atomic mass is 16.5.